The number of piperazine rings is 1. The first kappa shape index (κ1) is 13.0. The topological polar surface area (TPSA) is 65.5 Å². The van der Waals surface area contributed by atoms with Gasteiger partial charge in [0.15, 0.2) is 0 Å². The quantitative estimate of drug-likeness (QED) is 0.800. The average Bonchev–Trinajstić information content (AvgIpc) is 2.28. The molecule has 1 aliphatic rings. The molecule has 1 atom stereocenters. The normalized spacial score (nSPS) is 23.7. The summed E-state index contributed by atoms with van der Waals surface area (Å²) in [5, 5.41) is 12.3. The molecular weight excluding hydrogens is 230 g/mol. The number of carbonyl (C=O) groups excluding carboxylic acids is 1. The van der Waals surface area contributed by atoms with Crippen molar-refractivity contribution in [2.24, 2.45) is 0 Å². The van der Waals surface area contributed by atoms with Crippen molar-refractivity contribution in [3.63, 3.8) is 0 Å². The molecule has 2 heterocycles. The fourth-order valence-electron chi connectivity index (χ4n) is 2.33. The third-order valence-corrected chi connectivity index (χ3v) is 3.11. The Bertz CT molecular complexity index is 420. The maximum absolute atomic E-state index is 11.9. The summed E-state index contributed by atoms with van der Waals surface area (Å²) in [7, 11) is 0. The first-order valence-corrected chi connectivity index (χ1v) is 6.08. The first-order valence-electron chi connectivity index (χ1n) is 6.08. The van der Waals surface area contributed by atoms with Crippen molar-refractivity contribution in [2.75, 3.05) is 13.2 Å². The van der Waals surface area contributed by atoms with Gasteiger partial charge in [-0.3, -0.25) is 14.7 Å². The number of nitrogens with one attached hydrogen (secondary N) is 1. The zero-order valence-corrected chi connectivity index (χ0v) is 10.8. The van der Waals surface area contributed by atoms with Crippen LogP contribution >= 0.6 is 0 Å². The van der Waals surface area contributed by atoms with Crippen LogP contribution in [0.2, 0.25) is 0 Å². The summed E-state index contributed by atoms with van der Waals surface area (Å²) in [6, 6.07) is 3.38. The van der Waals surface area contributed by atoms with Crippen LogP contribution in [0.25, 0.3) is 0 Å². The van der Waals surface area contributed by atoms with E-state index >= 15 is 0 Å². The van der Waals surface area contributed by atoms with Gasteiger partial charge in [0.05, 0.1) is 6.61 Å². The summed E-state index contributed by atoms with van der Waals surface area (Å²) in [6.07, 6.45) is 3.47. The molecule has 2 N–H and O–H groups in total. The van der Waals surface area contributed by atoms with Crippen LogP contribution in [0.3, 0.4) is 0 Å². The summed E-state index contributed by atoms with van der Waals surface area (Å²) in [4.78, 5) is 17.9. The lowest BCUT2D eigenvalue weighted by atomic mass is 9.98. The molecule has 1 saturated heterocycles. The molecule has 98 valence electrons. The molecule has 0 saturated carbocycles. The molecule has 1 fully saturated rings. The zero-order chi connectivity index (χ0) is 13.2. The van der Waals surface area contributed by atoms with Crippen LogP contribution in [0, 0.1) is 0 Å². The van der Waals surface area contributed by atoms with Gasteiger partial charge in [0.1, 0.15) is 6.04 Å². The van der Waals surface area contributed by atoms with E-state index in [1.54, 1.807) is 12.4 Å². The zero-order valence-electron chi connectivity index (χ0n) is 10.8. The highest BCUT2D eigenvalue weighted by Crippen LogP contribution is 2.18. The van der Waals surface area contributed by atoms with Crippen LogP contribution in [-0.4, -0.2) is 45.6 Å². The van der Waals surface area contributed by atoms with E-state index in [1.807, 2.05) is 30.9 Å². The predicted molar refractivity (Wildman–Crippen MR) is 67.7 cm³/mol. The number of nitrogens with zero attached hydrogens (tertiary/aromatic N) is 2. The highest BCUT2D eigenvalue weighted by molar-refractivity contribution is 5.83. The number of rotatable bonds is 3. The third kappa shape index (κ3) is 2.86. The number of hydrogen-bond donors (Lipinski definition) is 2. The lowest BCUT2D eigenvalue weighted by Crippen LogP contribution is -2.65. The van der Waals surface area contributed by atoms with Gasteiger partial charge in [0.2, 0.25) is 5.91 Å². The summed E-state index contributed by atoms with van der Waals surface area (Å²) in [5.41, 5.74) is 0.824. The summed E-state index contributed by atoms with van der Waals surface area (Å²) in [6.45, 7) is 5.17. The van der Waals surface area contributed by atoms with Crippen LogP contribution in [0.15, 0.2) is 24.5 Å². The van der Waals surface area contributed by atoms with Crippen molar-refractivity contribution in [3.8, 4) is 0 Å². The Hall–Kier alpha value is -1.46. The van der Waals surface area contributed by atoms with Crippen molar-refractivity contribution < 1.29 is 9.90 Å². The maximum atomic E-state index is 11.9. The second-order valence-corrected chi connectivity index (χ2v) is 5.33. The SMILES string of the molecule is CC1(C)CN(Cc2ccncc2)C(CO)C(=O)N1. The van der Waals surface area contributed by atoms with Crippen molar-refractivity contribution in [3.05, 3.63) is 30.1 Å². The lowest BCUT2D eigenvalue weighted by Gasteiger charge is -2.43. The minimum atomic E-state index is -0.466. The van der Waals surface area contributed by atoms with E-state index in [4.69, 9.17) is 0 Å². The van der Waals surface area contributed by atoms with E-state index < -0.39 is 6.04 Å². The molecule has 1 aliphatic heterocycles. The van der Waals surface area contributed by atoms with E-state index in [1.165, 1.54) is 0 Å². The largest absolute Gasteiger partial charge is 0.394 e. The molecule has 0 bridgehead atoms. The van der Waals surface area contributed by atoms with Crippen molar-refractivity contribution in [1.29, 1.82) is 0 Å². The van der Waals surface area contributed by atoms with Gasteiger partial charge in [-0.25, -0.2) is 0 Å². The van der Waals surface area contributed by atoms with Crippen LogP contribution < -0.4 is 5.32 Å². The van der Waals surface area contributed by atoms with E-state index in [-0.39, 0.29) is 18.1 Å². The van der Waals surface area contributed by atoms with Gasteiger partial charge < -0.3 is 10.4 Å². The molecular formula is C13H19N3O2. The van der Waals surface area contributed by atoms with Crippen LogP contribution in [0.5, 0.6) is 0 Å². The van der Waals surface area contributed by atoms with Crippen molar-refractivity contribution in [2.45, 2.75) is 32.0 Å². The van der Waals surface area contributed by atoms with Gasteiger partial charge in [0.25, 0.3) is 0 Å². The van der Waals surface area contributed by atoms with Gasteiger partial charge in [-0.15, -0.1) is 0 Å². The van der Waals surface area contributed by atoms with Gasteiger partial charge in [-0.1, -0.05) is 0 Å². The molecule has 1 aromatic rings. The molecule has 0 spiro atoms. The van der Waals surface area contributed by atoms with Crippen LogP contribution in [0.4, 0.5) is 0 Å². The van der Waals surface area contributed by atoms with Gasteiger partial charge in [-0.05, 0) is 31.5 Å². The van der Waals surface area contributed by atoms with Gasteiger partial charge >= 0.3 is 0 Å². The number of aromatic nitrogens is 1. The highest BCUT2D eigenvalue weighted by Gasteiger charge is 2.37. The molecule has 18 heavy (non-hydrogen) atoms. The number of aliphatic hydroxyl groups excluding tert-OH is 1. The van der Waals surface area contributed by atoms with E-state index in [2.05, 4.69) is 10.3 Å². The molecule has 5 heteroatoms. The van der Waals surface area contributed by atoms with Crippen LogP contribution in [-0.2, 0) is 11.3 Å². The molecule has 0 aliphatic carbocycles. The average molecular weight is 249 g/mol. The molecule has 1 unspecified atom stereocenters. The Morgan fingerprint density at radius 2 is 2.17 bits per heavy atom. The van der Waals surface area contributed by atoms with E-state index in [0.717, 1.165) is 5.56 Å². The lowest BCUT2D eigenvalue weighted by molar-refractivity contribution is -0.135. The summed E-state index contributed by atoms with van der Waals surface area (Å²) >= 11 is 0. The second kappa shape index (κ2) is 5.04. The minimum Gasteiger partial charge on any atom is -0.394 e. The Balaban J connectivity index is 2.15. The molecule has 1 aromatic heterocycles. The van der Waals surface area contributed by atoms with Crippen molar-refractivity contribution in [1.82, 2.24) is 15.2 Å². The number of carbonyl (C=O) groups is 1. The third-order valence-electron chi connectivity index (χ3n) is 3.11. The smallest absolute Gasteiger partial charge is 0.240 e. The highest BCUT2D eigenvalue weighted by atomic mass is 16.3. The van der Waals surface area contributed by atoms with E-state index in [0.29, 0.717) is 13.1 Å². The van der Waals surface area contributed by atoms with Crippen LogP contribution in [0.1, 0.15) is 19.4 Å². The van der Waals surface area contributed by atoms with Crippen molar-refractivity contribution >= 4 is 5.91 Å². The Labute approximate surface area is 107 Å². The Morgan fingerprint density at radius 1 is 1.50 bits per heavy atom. The predicted octanol–water partition coefficient (Wildman–Crippen LogP) is 0.153. The summed E-state index contributed by atoms with van der Waals surface area (Å²) < 4.78 is 0. The molecule has 5 nitrogen and oxygen atoms in total. The monoisotopic (exact) mass is 249 g/mol. The molecule has 1 amide bonds. The Kier molecular flexibility index (Phi) is 3.63. The molecule has 0 radical (unpaired) electrons. The fourth-order valence-corrected chi connectivity index (χ4v) is 2.33. The van der Waals surface area contributed by atoms with Gasteiger partial charge in [0, 0.05) is 31.0 Å². The standard InChI is InChI=1S/C13H19N3O2/c1-13(2)9-16(11(8-17)12(18)15-13)7-10-3-5-14-6-4-10/h3-6,11,17H,7-9H2,1-2H3,(H,15,18). The number of hydrogen-bond acceptors (Lipinski definition) is 4. The number of amides is 1. The second-order valence-electron chi connectivity index (χ2n) is 5.33. The minimum absolute atomic E-state index is 0.109. The Morgan fingerprint density at radius 3 is 2.78 bits per heavy atom. The number of aliphatic hydroxyl groups is 1. The first-order chi connectivity index (χ1) is 8.52. The fraction of sp³-hybridized carbons (Fsp3) is 0.538. The maximum Gasteiger partial charge on any atom is 0.240 e. The summed E-state index contributed by atoms with van der Waals surface area (Å²) in [5.74, 6) is -0.109. The van der Waals surface area contributed by atoms with E-state index in [9.17, 15) is 9.90 Å². The molecule has 2 rings (SSSR count). The molecule has 0 aromatic carbocycles. The number of pyridine rings is 1. The van der Waals surface area contributed by atoms with Gasteiger partial charge in [-0.2, -0.15) is 0 Å².